The highest BCUT2D eigenvalue weighted by atomic mass is 16.7. The van der Waals surface area contributed by atoms with Crippen LogP contribution in [0.2, 0.25) is 0 Å². The van der Waals surface area contributed by atoms with Crippen LogP contribution in [0.25, 0.3) is 0 Å². The van der Waals surface area contributed by atoms with Crippen molar-refractivity contribution < 1.29 is 14.4 Å². The molecule has 0 aromatic carbocycles. The highest BCUT2D eigenvalue weighted by Gasteiger charge is 2.28. The monoisotopic (exact) mass is 203 g/mol. The summed E-state index contributed by atoms with van der Waals surface area (Å²) in [5, 5.41) is 0.979. The molecule has 1 atom stereocenters. The Morgan fingerprint density at radius 2 is 2.21 bits per heavy atom. The molecule has 0 aromatic heterocycles. The van der Waals surface area contributed by atoms with E-state index in [1.807, 2.05) is 5.43 Å². The van der Waals surface area contributed by atoms with Gasteiger partial charge in [-0.3, -0.25) is 19.9 Å². The molecular weight excluding hydrogens is 186 g/mol. The molecule has 6 heteroatoms. The van der Waals surface area contributed by atoms with Crippen molar-refractivity contribution in [3.05, 3.63) is 0 Å². The third-order valence-electron chi connectivity index (χ3n) is 1.70. The molecule has 3 N–H and O–H groups in total. The van der Waals surface area contributed by atoms with Crippen molar-refractivity contribution in [3.8, 4) is 0 Å². The molecule has 0 aliphatic carbocycles. The normalized spacial score (nSPS) is 12.4. The van der Waals surface area contributed by atoms with E-state index in [4.69, 9.17) is 10.7 Å². The first-order valence-electron chi connectivity index (χ1n) is 4.45. The maximum atomic E-state index is 11.3. The molecule has 82 valence electrons. The highest BCUT2D eigenvalue weighted by Crippen LogP contribution is 2.09. The Kier molecular flexibility index (Phi) is 5.82. The topological polar surface area (TPSA) is 84.7 Å². The highest BCUT2D eigenvalue weighted by molar-refractivity contribution is 5.82. The van der Waals surface area contributed by atoms with Crippen LogP contribution in [0.1, 0.15) is 20.8 Å². The van der Waals surface area contributed by atoms with Crippen molar-refractivity contribution in [2.45, 2.75) is 26.8 Å². The first-order chi connectivity index (χ1) is 6.58. The lowest BCUT2D eigenvalue weighted by Gasteiger charge is -2.27. The quantitative estimate of drug-likeness (QED) is 0.261. The van der Waals surface area contributed by atoms with Crippen LogP contribution in [-0.2, 0) is 14.4 Å². The molecule has 0 heterocycles. The zero-order valence-electron chi connectivity index (χ0n) is 8.69. The summed E-state index contributed by atoms with van der Waals surface area (Å²) in [6.07, 6.45) is 0.476. The lowest BCUT2D eigenvalue weighted by Crippen LogP contribution is -2.51. The fraction of sp³-hybridized carbons (Fsp3) is 0.750. The van der Waals surface area contributed by atoms with Gasteiger partial charge in [-0.1, -0.05) is 13.8 Å². The first-order valence-corrected chi connectivity index (χ1v) is 4.45. The van der Waals surface area contributed by atoms with Gasteiger partial charge in [0.25, 0.3) is 5.91 Å². The smallest absolute Gasteiger partial charge is 0.259 e. The maximum Gasteiger partial charge on any atom is 0.259 e. The zero-order valence-corrected chi connectivity index (χ0v) is 8.69. The SMILES string of the molecule is CCON(C=O)[C@H](C(=O)NN)C(C)C. The van der Waals surface area contributed by atoms with E-state index in [1.165, 1.54) is 0 Å². The summed E-state index contributed by atoms with van der Waals surface area (Å²) >= 11 is 0. The Hall–Kier alpha value is -1.14. The molecule has 14 heavy (non-hydrogen) atoms. The van der Waals surface area contributed by atoms with Crippen LogP contribution in [-0.4, -0.2) is 30.0 Å². The molecule has 0 saturated heterocycles. The Balaban J connectivity index is 4.59. The second-order valence-corrected chi connectivity index (χ2v) is 3.08. The number of hydrogen-bond acceptors (Lipinski definition) is 4. The minimum atomic E-state index is -0.697. The van der Waals surface area contributed by atoms with Crippen LogP contribution in [0.4, 0.5) is 0 Å². The second kappa shape index (κ2) is 6.33. The van der Waals surface area contributed by atoms with Gasteiger partial charge in [-0.05, 0) is 12.8 Å². The van der Waals surface area contributed by atoms with Crippen molar-refractivity contribution in [2.24, 2.45) is 11.8 Å². The van der Waals surface area contributed by atoms with Crippen LogP contribution < -0.4 is 11.3 Å². The number of amides is 2. The molecule has 0 unspecified atom stereocenters. The average Bonchev–Trinajstić information content (AvgIpc) is 2.16. The fourth-order valence-electron chi connectivity index (χ4n) is 1.12. The molecule has 6 nitrogen and oxygen atoms in total. The van der Waals surface area contributed by atoms with Crippen LogP contribution in [0.3, 0.4) is 0 Å². The van der Waals surface area contributed by atoms with Crippen molar-refractivity contribution >= 4 is 12.3 Å². The summed E-state index contributed by atoms with van der Waals surface area (Å²) in [4.78, 5) is 26.9. The van der Waals surface area contributed by atoms with Crippen molar-refractivity contribution in [1.82, 2.24) is 10.5 Å². The summed E-state index contributed by atoms with van der Waals surface area (Å²) in [5.74, 6) is 4.48. The molecule has 0 bridgehead atoms. The molecule has 2 amide bonds. The van der Waals surface area contributed by atoms with Crippen molar-refractivity contribution in [3.63, 3.8) is 0 Å². The van der Waals surface area contributed by atoms with Gasteiger partial charge in [0.05, 0.1) is 6.61 Å². The molecule has 0 radical (unpaired) electrons. The Labute approximate surface area is 83.3 Å². The van der Waals surface area contributed by atoms with E-state index in [2.05, 4.69) is 0 Å². The molecule has 0 aromatic rings. The number of nitrogens with two attached hydrogens (primary N) is 1. The van der Waals surface area contributed by atoms with Gasteiger partial charge in [0.2, 0.25) is 6.41 Å². The third kappa shape index (κ3) is 3.31. The van der Waals surface area contributed by atoms with Gasteiger partial charge in [0.15, 0.2) is 0 Å². The number of hydrazine groups is 1. The minimum Gasteiger partial charge on any atom is -0.292 e. The third-order valence-corrected chi connectivity index (χ3v) is 1.70. The van der Waals surface area contributed by atoms with E-state index in [1.54, 1.807) is 20.8 Å². The molecule has 0 aliphatic rings. The lowest BCUT2D eigenvalue weighted by atomic mass is 10.0. The summed E-state index contributed by atoms with van der Waals surface area (Å²) in [6, 6.07) is -0.697. The van der Waals surface area contributed by atoms with Gasteiger partial charge in [-0.15, -0.1) is 0 Å². The van der Waals surface area contributed by atoms with Crippen LogP contribution >= 0.6 is 0 Å². The second-order valence-electron chi connectivity index (χ2n) is 3.08. The van der Waals surface area contributed by atoms with Gasteiger partial charge in [0, 0.05) is 0 Å². The van der Waals surface area contributed by atoms with E-state index in [9.17, 15) is 9.59 Å². The Morgan fingerprint density at radius 3 is 2.50 bits per heavy atom. The predicted molar refractivity (Wildman–Crippen MR) is 50.5 cm³/mol. The Morgan fingerprint density at radius 1 is 1.64 bits per heavy atom. The summed E-state index contributed by atoms with van der Waals surface area (Å²) in [5.41, 5.74) is 2.00. The van der Waals surface area contributed by atoms with E-state index >= 15 is 0 Å². The molecule has 0 rings (SSSR count). The number of carbonyl (C=O) groups excluding carboxylic acids is 2. The van der Waals surface area contributed by atoms with Gasteiger partial charge in [0.1, 0.15) is 6.04 Å². The van der Waals surface area contributed by atoms with Crippen LogP contribution in [0, 0.1) is 5.92 Å². The molecule has 0 spiro atoms. The first kappa shape index (κ1) is 12.9. The zero-order chi connectivity index (χ0) is 11.1. The molecule has 0 fully saturated rings. The lowest BCUT2D eigenvalue weighted by molar-refractivity contribution is -0.192. The van der Waals surface area contributed by atoms with Gasteiger partial charge in [-0.25, -0.2) is 10.9 Å². The van der Waals surface area contributed by atoms with E-state index in [0.29, 0.717) is 13.0 Å². The van der Waals surface area contributed by atoms with E-state index < -0.39 is 11.9 Å². The average molecular weight is 203 g/mol. The number of rotatable bonds is 6. The fourth-order valence-corrected chi connectivity index (χ4v) is 1.12. The predicted octanol–water partition coefficient (Wildman–Crippen LogP) is -0.589. The van der Waals surface area contributed by atoms with Crippen LogP contribution in [0.15, 0.2) is 0 Å². The van der Waals surface area contributed by atoms with Crippen molar-refractivity contribution in [2.75, 3.05) is 6.61 Å². The standard InChI is InChI=1S/C8H17N3O3/c1-4-14-11(5-12)7(6(2)3)8(13)10-9/h5-7H,4,9H2,1-3H3,(H,10,13)/t7-/m0/s1. The van der Waals surface area contributed by atoms with Crippen molar-refractivity contribution in [1.29, 1.82) is 0 Å². The van der Waals surface area contributed by atoms with Gasteiger partial charge < -0.3 is 0 Å². The number of carbonyl (C=O) groups is 2. The van der Waals surface area contributed by atoms with E-state index in [-0.39, 0.29) is 5.92 Å². The van der Waals surface area contributed by atoms with Crippen LogP contribution in [0.5, 0.6) is 0 Å². The number of nitrogens with zero attached hydrogens (tertiary/aromatic N) is 1. The van der Waals surface area contributed by atoms with Gasteiger partial charge >= 0.3 is 0 Å². The minimum absolute atomic E-state index is 0.0738. The number of nitrogens with one attached hydrogen (secondary N) is 1. The van der Waals surface area contributed by atoms with Gasteiger partial charge in [-0.2, -0.15) is 0 Å². The summed E-state index contributed by atoms with van der Waals surface area (Å²) < 4.78 is 0. The number of hydroxylamine groups is 2. The van der Waals surface area contributed by atoms with E-state index in [0.717, 1.165) is 5.06 Å². The number of hydrogen-bond donors (Lipinski definition) is 2. The largest absolute Gasteiger partial charge is 0.292 e. The maximum absolute atomic E-state index is 11.3. The molecule has 0 saturated carbocycles. The molecular formula is C8H17N3O3. The summed E-state index contributed by atoms with van der Waals surface area (Å²) in [7, 11) is 0. The molecule has 0 aliphatic heterocycles. The Bertz CT molecular complexity index is 196. The summed E-state index contributed by atoms with van der Waals surface area (Å²) in [6.45, 7) is 5.65.